The number of rotatable bonds is 8. The van der Waals surface area contributed by atoms with E-state index in [9.17, 15) is 14.7 Å². The Balaban J connectivity index is 2.04. The number of Topliss-reactive ketones (excluding diaryl/α,β-unsaturated/α-hetero) is 1. The van der Waals surface area contributed by atoms with E-state index in [1.54, 1.807) is 26.2 Å². The maximum Gasteiger partial charge on any atom is 0.283 e. The number of aliphatic hydroxyl groups excluding tert-OH is 1. The van der Waals surface area contributed by atoms with Gasteiger partial charge in [0.25, 0.3) is 5.56 Å². The fraction of sp³-hybridized carbons (Fsp3) is 0.412. The number of nitrogens with one attached hydrogen (secondary N) is 1. The van der Waals surface area contributed by atoms with E-state index in [2.05, 4.69) is 31.3 Å². The summed E-state index contributed by atoms with van der Waals surface area (Å²) in [6, 6.07) is 3.72. The van der Waals surface area contributed by atoms with Crippen LogP contribution in [0, 0.1) is 0 Å². The zero-order valence-electron chi connectivity index (χ0n) is 14.2. The second kappa shape index (κ2) is 8.35. The molecular formula is C17H21BrN4O3. The Hall–Kier alpha value is -2.06. The molecule has 2 heterocycles. The lowest BCUT2D eigenvalue weighted by atomic mass is 10.1. The number of aryl methyl sites for hydroxylation is 1. The second-order valence-corrected chi connectivity index (χ2v) is 7.19. The Morgan fingerprint density at radius 2 is 2.04 bits per heavy atom. The Kier molecular flexibility index (Phi) is 6.44. The monoisotopic (exact) mass is 408 g/mol. The highest BCUT2D eigenvalue weighted by molar-refractivity contribution is 9.10. The Morgan fingerprint density at radius 3 is 2.68 bits per heavy atom. The fourth-order valence-electron chi connectivity index (χ4n) is 2.15. The number of carbonyl (C=O) groups excluding carboxylic acids is 1. The summed E-state index contributed by atoms with van der Waals surface area (Å²) < 4.78 is 1.42. The van der Waals surface area contributed by atoms with Crippen LogP contribution in [0.2, 0.25) is 0 Å². The van der Waals surface area contributed by atoms with E-state index in [0.717, 1.165) is 10.2 Å². The average Bonchev–Trinajstić information content (AvgIpc) is 2.60. The summed E-state index contributed by atoms with van der Waals surface area (Å²) in [7, 11) is 0. The van der Waals surface area contributed by atoms with Gasteiger partial charge >= 0.3 is 0 Å². The van der Waals surface area contributed by atoms with Crippen LogP contribution in [-0.4, -0.2) is 37.8 Å². The third-order valence-electron chi connectivity index (χ3n) is 3.62. The van der Waals surface area contributed by atoms with Gasteiger partial charge in [0.15, 0.2) is 5.78 Å². The standard InChI is InChI=1S/C17H21BrN4O3/c1-17(2,11-23)21-14-9-20-22(16(25)15(14)18)10-13(24)4-3-12-5-7-19-8-6-12/h5-9,21,23H,3-4,10-11H2,1-2H3. The molecule has 0 fully saturated rings. The van der Waals surface area contributed by atoms with Gasteiger partial charge in [-0.05, 0) is 53.9 Å². The molecule has 0 unspecified atom stereocenters. The smallest absolute Gasteiger partial charge is 0.283 e. The highest BCUT2D eigenvalue weighted by Crippen LogP contribution is 2.20. The lowest BCUT2D eigenvalue weighted by Crippen LogP contribution is -2.36. The second-order valence-electron chi connectivity index (χ2n) is 6.40. The molecule has 0 aliphatic heterocycles. The molecule has 134 valence electrons. The molecule has 25 heavy (non-hydrogen) atoms. The van der Waals surface area contributed by atoms with Gasteiger partial charge in [0.2, 0.25) is 0 Å². The molecular weight excluding hydrogens is 388 g/mol. The molecule has 0 aromatic carbocycles. The topological polar surface area (TPSA) is 97.1 Å². The summed E-state index contributed by atoms with van der Waals surface area (Å²) >= 11 is 3.24. The molecule has 0 spiro atoms. The Labute approximate surface area is 154 Å². The summed E-state index contributed by atoms with van der Waals surface area (Å²) in [5, 5.41) is 16.4. The van der Waals surface area contributed by atoms with Crippen LogP contribution >= 0.6 is 15.9 Å². The maximum absolute atomic E-state index is 12.4. The number of halogens is 1. The van der Waals surface area contributed by atoms with E-state index in [1.165, 1.54) is 6.20 Å². The molecule has 7 nitrogen and oxygen atoms in total. The van der Waals surface area contributed by atoms with Crippen molar-refractivity contribution in [2.75, 3.05) is 11.9 Å². The highest BCUT2D eigenvalue weighted by Gasteiger charge is 2.19. The number of nitrogens with zero attached hydrogens (tertiary/aromatic N) is 3. The number of anilines is 1. The summed E-state index contributed by atoms with van der Waals surface area (Å²) in [5.74, 6) is -0.0743. The number of hydrogen-bond acceptors (Lipinski definition) is 6. The number of ketones is 1. The van der Waals surface area contributed by atoms with Crippen molar-refractivity contribution in [3.63, 3.8) is 0 Å². The predicted octanol–water partition coefficient (Wildman–Crippen LogP) is 1.79. The Morgan fingerprint density at radius 1 is 1.36 bits per heavy atom. The van der Waals surface area contributed by atoms with Gasteiger partial charge < -0.3 is 10.4 Å². The number of carbonyl (C=O) groups is 1. The maximum atomic E-state index is 12.4. The predicted molar refractivity (Wildman–Crippen MR) is 98.5 cm³/mol. The van der Waals surface area contributed by atoms with Crippen molar-refractivity contribution in [2.24, 2.45) is 0 Å². The van der Waals surface area contributed by atoms with E-state index >= 15 is 0 Å². The molecule has 2 aromatic rings. The van der Waals surface area contributed by atoms with Gasteiger partial charge in [-0.1, -0.05) is 0 Å². The van der Waals surface area contributed by atoms with Crippen molar-refractivity contribution in [1.29, 1.82) is 0 Å². The van der Waals surface area contributed by atoms with Crippen LogP contribution < -0.4 is 10.9 Å². The molecule has 8 heteroatoms. The minimum atomic E-state index is -0.594. The van der Waals surface area contributed by atoms with Gasteiger partial charge in [0, 0.05) is 18.8 Å². The molecule has 0 aliphatic carbocycles. The molecule has 0 amide bonds. The first-order valence-corrected chi connectivity index (χ1v) is 8.67. The largest absolute Gasteiger partial charge is 0.394 e. The number of pyridine rings is 1. The lowest BCUT2D eigenvalue weighted by Gasteiger charge is -2.25. The van der Waals surface area contributed by atoms with Crippen LogP contribution in [0.4, 0.5) is 5.69 Å². The highest BCUT2D eigenvalue weighted by atomic mass is 79.9. The van der Waals surface area contributed by atoms with Crippen molar-refractivity contribution in [3.05, 3.63) is 51.1 Å². The molecule has 0 radical (unpaired) electrons. The zero-order chi connectivity index (χ0) is 18.4. The zero-order valence-corrected chi connectivity index (χ0v) is 15.8. The molecule has 0 aliphatic rings. The summed E-state index contributed by atoms with van der Waals surface area (Å²) in [4.78, 5) is 28.4. The quantitative estimate of drug-likeness (QED) is 0.690. The van der Waals surface area contributed by atoms with Crippen LogP contribution in [0.25, 0.3) is 0 Å². The van der Waals surface area contributed by atoms with E-state index in [0.29, 0.717) is 18.5 Å². The molecule has 0 saturated heterocycles. The van der Waals surface area contributed by atoms with Gasteiger partial charge in [-0.25, -0.2) is 4.68 Å². The van der Waals surface area contributed by atoms with Crippen LogP contribution in [0.15, 0.2) is 40.0 Å². The molecule has 2 aromatic heterocycles. The number of aromatic nitrogens is 3. The molecule has 0 bridgehead atoms. The lowest BCUT2D eigenvalue weighted by molar-refractivity contribution is -0.119. The van der Waals surface area contributed by atoms with Gasteiger partial charge in [-0.3, -0.25) is 14.6 Å². The number of hydrogen-bond donors (Lipinski definition) is 2. The van der Waals surface area contributed by atoms with Gasteiger partial charge in [0.1, 0.15) is 11.0 Å². The van der Waals surface area contributed by atoms with E-state index in [4.69, 9.17) is 0 Å². The van der Waals surface area contributed by atoms with Crippen molar-refractivity contribution >= 4 is 27.4 Å². The average molecular weight is 409 g/mol. The van der Waals surface area contributed by atoms with Crippen molar-refractivity contribution in [1.82, 2.24) is 14.8 Å². The number of aliphatic hydroxyl groups is 1. The molecule has 2 N–H and O–H groups in total. The van der Waals surface area contributed by atoms with Crippen LogP contribution in [0.1, 0.15) is 25.8 Å². The van der Waals surface area contributed by atoms with Gasteiger partial charge in [0.05, 0.1) is 24.0 Å². The molecule has 0 saturated carbocycles. The van der Waals surface area contributed by atoms with E-state index in [-0.39, 0.29) is 23.4 Å². The minimum absolute atomic E-state index is 0.0743. The van der Waals surface area contributed by atoms with Crippen molar-refractivity contribution in [3.8, 4) is 0 Å². The first-order valence-electron chi connectivity index (χ1n) is 7.87. The molecule has 0 atom stereocenters. The first kappa shape index (κ1) is 19.3. The molecule has 2 rings (SSSR count). The van der Waals surface area contributed by atoms with Crippen molar-refractivity contribution < 1.29 is 9.90 Å². The Bertz CT molecular complexity index is 790. The fourth-order valence-corrected chi connectivity index (χ4v) is 2.55. The van der Waals surface area contributed by atoms with Crippen LogP contribution in [0.5, 0.6) is 0 Å². The van der Waals surface area contributed by atoms with E-state index < -0.39 is 11.1 Å². The van der Waals surface area contributed by atoms with Gasteiger partial charge in [-0.2, -0.15) is 5.10 Å². The van der Waals surface area contributed by atoms with Crippen molar-refractivity contribution in [2.45, 2.75) is 38.8 Å². The third-order valence-corrected chi connectivity index (χ3v) is 4.39. The SMILES string of the molecule is CC(C)(CO)Nc1cnn(CC(=O)CCc2ccncc2)c(=O)c1Br. The normalized spacial score (nSPS) is 11.4. The summed E-state index contributed by atoms with van der Waals surface area (Å²) in [6.07, 6.45) is 5.76. The summed E-state index contributed by atoms with van der Waals surface area (Å²) in [5.41, 5.74) is 0.513. The summed E-state index contributed by atoms with van der Waals surface area (Å²) in [6.45, 7) is 3.42. The van der Waals surface area contributed by atoms with Gasteiger partial charge in [-0.15, -0.1) is 0 Å². The minimum Gasteiger partial charge on any atom is -0.394 e. The van der Waals surface area contributed by atoms with Crippen LogP contribution in [-0.2, 0) is 17.8 Å². The van der Waals surface area contributed by atoms with E-state index in [1.807, 2.05) is 12.1 Å². The van der Waals surface area contributed by atoms with Crippen LogP contribution in [0.3, 0.4) is 0 Å². The third kappa shape index (κ3) is 5.47. The first-order chi connectivity index (χ1) is 11.8.